The second-order valence-electron chi connectivity index (χ2n) is 5.19. The summed E-state index contributed by atoms with van der Waals surface area (Å²) in [6, 6.07) is 4.02. The molecule has 0 aliphatic carbocycles. The molecule has 17 heavy (non-hydrogen) atoms. The van der Waals surface area contributed by atoms with Gasteiger partial charge in [-0.05, 0) is 36.6 Å². The summed E-state index contributed by atoms with van der Waals surface area (Å²) in [5, 5.41) is 3.22. The Morgan fingerprint density at radius 3 is 2.35 bits per heavy atom. The lowest BCUT2D eigenvalue weighted by atomic mass is 9.91. The first-order valence-electron chi connectivity index (χ1n) is 5.69. The van der Waals surface area contributed by atoms with Crippen LogP contribution in [0.2, 0.25) is 0 Å². The standard InChI is InChI=1S/C13H20N2.CH4S/c1-10-6-7-12(14-9-10)15-11(2)8-13(3,4)5;1-2/h6-7,9H,2,8H2,1,3-5H3,(H,14,15);2H,1H3. The summed E-state index contributed by atoms with van der Waals surface area (Å²) in [6.45, 7) is 12.6. The van der Waals surface area contributed by atoms with Crippen LogP contribution in [0.1, 0.15) is 32.8 Å². The Balaban J connectivity index is 0.00000121. The highest BCUT2D eigenvalue weighted by Crippen LogP contribution is 2.23. The van der Waals surface area contributed by atoms with Crippen LogP contribution in [-0.4, -0.2) is 11.2 Å². The van der Waals surface area contributed by atoms with Crippen LogP contribution in [0.5, 0.6) is 0 Å². The van der Waals surface area contributed by atoms with Crippen molar-refractivity contribution in [3.05, 3.63) is 36.2 Å². The smallest absolute Gasteiger partial charge is 0.130 e. The minimum atomic E-state index is 0.259. The fraction of sp³-hybridized carbons (Fsp3) is 0.500. The van der Waals surface area contributed by atoms with E-state index < -0.39 is 0 Å². The SMILES string of the molecule is C=C(CC(C)(C)C)Nc1ccc(C)cn1.CS. The van der Waals surface area contributed by atoms with E-state index >= 15 is 0 Å². The summed E-state index contributed by atoms with van der Waals surface area (Å²) in [5.41, 5.74) is 2.44. The lowest BCUT2D eigenvalue weighted by molar-refractivity contribution is 0.411. The van der Waals surface area contributed by atoms with Gasteiger partial charge in [-0.25, -0.2) is 4.98 Å². The summed E-state index contributed by atoms with van der Waals surface area (Å²) in [4.78, 5) is 4.28. The Bertz CT molecular complexity index is 336. The summed E-state index contributed by atoms with van der Waals surface area (Å²) in [6.07, 6.45) is 4.50. The number of hydrogen-bond donors (Lipinski definition) is 2. The molecule has 3 heteroatoms. The fourth-order valence-corrected chi connectivity index (χ4v) is 1.41. The number of pyridine rings is 1. The molecule has 1 aromatic heterocycles. The van der Waals surface area contributed by atoms with E-state index in [4.69, 9.17) is 0 Å². The zero-order chi connectivity index (χ0) is 13.5. The van der Waals surface area contributed by atoms with E-state index in [-0.39, 0.29) is 5.41 Å². The number of nitrogens with zero attached hydrogens (tertiary/aromatic N) is 1. The molecule has 0 fully saturated rings. The molecule has 2 nitrogen and oxygen atoms in total. The number of anilines is 1. The second-order valence-corrected chi connectivity index (χ2v) is 5.19. The van der Waals surface area contributed by atoms with Crippen LogP contribution < -0.4 is 5.32 Å². The molecule has 1 rings (SSSR count). The Kier molecular flexibility index (Phi) is 6.97. The molecule has 0 unspecified atom stereocenters. The van der Waals surface area contributed by atoms with E-state index in [1.54, 1.807) is 6.26 Å². The van der Waals surface area contributed by atoms with E-state index in [1.807, 2.05) is 25.3 Å². The van der Waals surface area contributed by atoms with E-state index in [2.05, 4.69) is 50.3 Å². The average Bonchev–Trinajstić information content (AvgIpc) is 2.22. The predicted molar refractivity (Wildman–Crippen MR) is 80.7 cm³/mol. The van der Waals surface area contributed by atoms with Crippen molar-refractivity contribution in [3.8, 4) is 0 Å². The van der Waals surface area contributed by atoms with E-state index in [0.29, 0.717) is 0 Å². The van der Waals surface area contributed by atoms with Crippen LogP contribution in [-0.2, 0) is 0 Å². The Labute approximate surface area is 111 Å². The van der Waals surface area contributed by atoms with Gasteiger partial charge in [-0.15, -0.1) is 0 Å². The molecule has 1 N–H and O–H groups in total. The molecule has 0 aliphatic heterocycles. The number of hydrogen-bond acceptors (Lipinski definition) is 3. The minimum Gasteiger partial charge on any atom is -0.344 e. The normalized spacial score (nSPS) is 10.2. The maximum Gasteiger partial charge on any atom is 0.130 e. The first-order valence-corrected chi connectivity index (χ1v) is 6.58. The summed E-state index contributed by atoms with van der Waals surface area (Å²) >= 11 is 3.53. The fourth-order valence-electron chi connectivity index (χ4n) is 1.41. The molecule has 1 aromatic rings. The Morgan fingerprint density at radius 1 is 1.35 bits per heavy atom. The molecule has 0 spiro atoms. The maximum atomic E-state index is 4.28. The third-order valence-electron chi connectivity index (χ3n) is 1.96. The predicted octanol–water partition coefficient (Wildman–Crippen LogP) is 4.30. The quantitative estimate of drug-likeness (QED) is 0.784. The minimum absolute atomic E-state index is 0.259. The molecular weight excluding hydrogens is 228 g/mol. The third-order valence-corrected chi connectivity index (χ3v) is 1.96. The van der Waals surface area contributed by atoms with E-state index in [1.165, 1.54) is 5.56 Å². The van der Waals surface area contributed by atoms with E-state index in [0.717, 1.165) is 17.9 Å². The molecule has 0 atom stereocenters. The van der Waals surface area contributed by atoms with Crippen molar-refractivity contribution in [3.63, 3.8) is 0 Å². The van der Waals surface area contributed by atoms with Crippen molar-refractivity contribution in [1.82, 2.24) is 4.98 Å². The molecule has 0 aliphatic rings. The van der Waals surface area contributed by atoms with Crippen LogP contribution in [0.4, 0.5) is 5.82 Å². The van der Waals surface area contributed by atoms with Crippen molar-refractivity contribution in [1.29, 1.82) is 0 Å². The van der Waals surface area contributed by atoms with Gasteiger partial charge in [0, 0.05) is 11.9 Å². The van der Waals surface area contributed by atoms with Crippen molar-refractivity contribution in [2.45, 2.75) is 34.1 Å². The van der Waals surface area contributed by atoms with Crippen LogP contribution in [0.25, 0.3) is 0 Å². The van der Waals surface area contributed by atoms with Gasteiger partial charge >= 0.3 is 0 Å². The second kappa shape index (κ2) is 7.38. The van der Waals surface area contributed by atoms with Gasteiger partial charge in [0.1, 0.15) is 5.82 Å². The first-order chi connectivity index (χ1) is 7.87. The van der Waals surface area contributed by atoms with Gasteiger partial charge in [0.2, 0.25) is 0 Å². The van der Waals surface area contributed by atoms with Gasteiger partial charge in [-0.2, -0.15) is 12.6 Å². The van der Waals surface area contributed by atoms with Crippen LogP contribution in [0.3, 0.4) is 0 Å². The highest BCUT2D eigenvalue weighted by Gasteiger charge is 2.11. The molecule has 0 bridgehead atoms. The number of allylic oxidation sites excluding steroid dienone is 1. The molecule has 0 amide bonds. The summed E-state index contributed by atoms with van der Waals surface area (Å²) in [5.74, 6) is 0.870. The number of aromatic nitrogens is 1. The Morgan fingerprint density at radius 2 is 1.94 bits per heavy atom. The first kappa shape index (κ1) is 16.0. The lowest BCUT2D eigenvalue weighted by Crippen LogP contribution is -2.11. The van der Waals surface area contributed by atoms with E-state index in [9.17, 15) is 0 Å². The number of nitrogens with one attached hydrogen (secondary N) is 1. The van der Waals surface area contributed by atoms with Gasteiger partial charge in [-0.3, -0.25) is 0 Å². The Hall–Kier alpha value is -0.960. The largest absolute Gasteiger partial charge is 0.344 e. The van der Waals surface area contributed by atoms with Crippen LogP contribution in [0.15, 0.2) is 30.6 Å². The molecule has 0 aromatic carbocycles. The van der Waals surface area contributed by atoms with Gasteiger partial charge < -0.3 is 5.32 Å². The molecule has 0 saturated carbocycles. The molecule has 96 valence electrons. The van der Waals surface area contributed by atoms with Crippen molar-refractivity contribution in [2.75, 3.05) is 11.6 Å². The van der Waals surface area contributed by atoms with Crippen molar-refractivity contribution in [2.24, 2.45) is 5.41 Å². The van der Waals surface area contributed by atoms with Crippen LogP contribution >= 0.6 is 12.6 Å². The van der Waals surface area contributed by atoms with Crippen molar-refractivity contribution >= 4 is 18.4 Å². The molecular formula is C14H24N2S. The third kappa shape index (κ3) is 7.86. The topological polar surface area (TPSA) is 24.9 Å². The molecule has 1 heterocycles. The maximum absolute atomic E-state index is 4.28. The highest BCUT2D eigenvalue weighted by molar-refractivity contribution is 7.79. The zero-order valence-electron chi connectivity index (χ0n) is 11.5. The summed E-state index contributed by atoms with van der Waals surface area (Å²) in [7, 11) is 0. The summed E-state index contributed by atoms with van der Waals surface area (Å²) < 4.78 is 0. The lowest BCUT2D eigenvalue weighted by Gasteiger charge is -2.20. The van der Waals surface area contributed by atoms with Gasteiger partial charge in [-0.1, -0.05) is 33.4 Å². The number of rotatable bonds is 3. The monoisotopic (exact) mass is 252 g/mol. The van der Waals surface area contributed by atoms with Crippen LogP contribution in [0, 0.1) is 12.3 Å². The average molecular weight is 252 g/mol. The van der Waals surface area contributed by atoms with Gasteiger partial charge in [0.05, 0.1) is 0 Å². The molecule has 0 radical (unpaired) electrons. The van der Waals surface area contributed by atoms with Gasteiger partial charge in [0.15, 0.2) is 0 Å². The number of aryl methyl sites for hydroxylation is 1. The number of thiol groups is 1. The molecule has 0 saturated heterocycles. The zero-order valence-corrected chi connectivity index (χ0v) is 12.4. The highest BCUT2D eigenvalue weighted by atomic mass is 32.1. The van der Waals surface area contributed by atoms with Gasteiger partial charge in [0.25, 0.3) is 0 Å². The van der Waals surface area contributed by atoms with Crippen molar-refractivity contribution < 1.29 is 0 Å².